The molecule has 0 aliphatic carbocycles. The Bertz CT molecular complexity index is 314. The summed E-state index contributed by atoms with van der Waals surface area (Å²) in [6, 6.07) is 0. The largest absolute Gasteiger partial charge is 0.834 e. The molecule has 0 N–H and O–H groups in total. The summed E-state index contributed by atoms with van der Waals surface area (Å²) in [5.41, 5.74) is -0.854. The van der Waals surface area contributed by atoms with Crippen LogP contribution in [0.5, 0.6) is 0 Å². The van der Waals surface area contributed by atoms with Crippen LogP contribution in [0.15, 0.2) is 0 Å². The normalized spacial score (nSPS) is 12.2. The van der Waals surface area contributed by atoms with Crippen molar-refractivity contribution < 1.29 is 23.4 Å². The lowest BCUT2D eigenvalue weighted by Gasteiger charge is -2.29. The van der Waals surface area contributed by atoms with Crippen molar-refractivity contribution in [2.24, 2.45) is 0 Å². The van der Waals surface area contributed by atoms with Gasteiger partial charge in [0, 0.05) is 0 Å². The fourth-order valence-corrected chi connectivity index (χ4v) is 3.47. The molecule has 0 saturated carbocycles. The molecular weight excluding hydrogens is 348 g/mol. The van der Waals surface area contributed by atoms with Crippen molar-refractivity contribution in [3.8, 4) is 0 Å². The molecule has 0 fully saturated rings. The van der Waals surface area contributed by atoms with E-state index in [1.54, 1.807) is 0 Å². The van der Waals surface area contributed by atoms with Crippen LogP contribution in [0, 0.1) is 0 Å². The van der Waals surface area contributed by atoms with Gasteiger partial charge in [-0.05, 0) is 39.5 Å². The van der Waals surface area contributed by atoms with E-state index in [1.165, 1.54) is 0 Å². The number of hydrogen-bond acceptors (Lipinski definition) is 5. The second kappa shape index (κ2) is 14.6. The monoisotopic (exact) mass is 390 g/mol. The maximum atomic E-state index is 12.1. The Hall–Kier alpha value is -0.463. The van der Waals surface area contributed by atoms with Crippen LogP contribution in [-0.4, -0.2) is 20.4 Å². The number of rotatable bonds is 18. The van der Waals surface area contributed by atoms with Crippen molar-refractivity contribution in [1.82, 2.24) is 0 Å². The Kier molecular flexibility index (Phi) is 14.3. The minimum atomic E-state index is -2.85. The fraction of sp³-hybridized carbons (Fsp3) is 1.00. The summed E-state index contributed by atoms with van der Waals surface area (Å²) >= 11 is 0. The van der Waals surface area contributed by atoms with E-state index in [0.717, 1.165) is 77.0 Å². The molecule has 0 spiro atoms. The van der Waals surface area contributed by atoms with Crippen LogP contribution >= 0.6 is 0 Å². The molecule has 0 aromatic carbocycles. The third-order valence-electron chi connectivity index (χ3n) is 4.86. The molecular formula is C20H42O5Si. The van der Waals surface area contributed by atoms with Crippen LogP contribution < -0.4 is 0 Å². The SMILES string of the molecule is CCCCC(C)(CCCC)OO[Si](=O)OOC(C)(CCCC)CCCC. The van der Waals surface area contributed by atoms with Crippen molar-refractivity contribution in [3.05, 3.63) is 0 Å². The first kappa shape index (κ1) is 25.5. The average Bonchev–Trinajstić information content (AvgIpc) is 2.65. The van der Waals surface area contributed by atoms with E-state index in [-0.39, 0.29) is 0 Å². The summed E-state index contributed by atoms with van der Waals surface area (Å²) in [6.07, 6.45) is 12.1. The lowest BCUT2D eigenvalue weighted by Crippen LogP contribution is -2.34. The Labute approximate surface area is 162 Å². The van der Waals surface area contributed by atoms with Gasteiger partial charge in [-0.15, -0.1) is 0 Å². The molecule has 0 radical (unpaired) electrons. The molecule has 0 saturated heterocycles. The second-order valence-electron chi connectivity index (χ2n) is 7.90. The van der Waals surface area contributed by atoms with Crippen LogP contribution in [0.25, 0.3) is 0 Å². The molecule has 0 amide bonds. The summed E-state index contributed by atoms with van der Waals surface area (Å²) in [5.74, 6) is 0. The summed E-state index contributed by atoms with van der Waals surface area (Å²) in [6.45, 7) is 12.6. The Balaban J connectivity index is 4.49. The molecule has 0 aliphatic rings. The highest BCUT2D eigenvalue weighted by Crippen LogP contribution is 2.27. The highest BCUT2D eigenvalue weighted by Gasteiger charge is 2.32. The Morgan fingerprint density at radius 1 is 0.615 bits per heavy atom. The Morgan fingerprint density at radius 2 is 0.885 bits per heavy atom. The molecule has 0 bridgehead atoms. The topological polar surface area (TPSA) is 54.0 Å². The van der Waals surface area contributed by atoms with Gasteiger partial charge in [-0.2, -0.15) is 9.78 Å². The van der Waals surface area contributed by atoms with Gasteiger partial charge in [-0.25, -0.2) is 0 Å². The van der Waals surface area contributed by atoms with E-state index in [9.17, 15) is 4.46 Å². The van der Waals surface area contributed by atoms with Crippen LogP contribution in [-0.2, 0) is 23.4 Å². The van der Waals surface area contributed by atoms with Gasteiger partial charge in [0.1, 0.15) is 11.2 Å². The van der Waals surface area contributed by atoms with E-state index < -0.39 is 20.4 Å². The maximum absolute atomic E-state index is 12.1. The first-order chi connectivity index (χ1) is 12.3. The summed E-state index contributed by atoms with van der Waals surface area (Å²) in [4.78, 5) is 11.1. The first-order valence-electron chi connectivity index (χ1n) is 10.6. The summed E-state index contributed by atoms with van der Waals surface area (Å²) in [7, 11) is -2.85. The molecule has 0 aliphatic heterocycles. The highest BCUT2D eigenvalue weighted by atomic mass is 28.3. The van der Waals surface area contributed by atoms with E-state index in [4.69, 9.17) is 18.9 Å². The minimum Gasteiger partial charge on any atom is -0.326 e. The molecule has 0 unspecified atom stereocenters. The van der Waals surface area contributed by atoms with Gasteiger partial charge in [0.05, 0.1) is 0 Å². The first-order valence-corrected chi connectivity index (χ1v) is 11.8. The molecule has 6 heteroatoms. The van der Waals surface area contributed by atoms with Crippen molar-refractivity contribution in [1.29, 1.82) is 0 Å². The van der Waals surface area contributed by atoms with Gasteiger partial charge < -0.3 is 9.15 Å². The van der Waals surface area contributed by atoms with Crippen LogP contribution in [0.4, 0.5) is 0 Å². The molecule has 0 atom stereocenters. The van der Waals surface area contributed by atoms with E-state index in [0.29, 0.717) is 0 Å². The second-order valence-corrected chi connectivity index (χ2v) is 8.73. The molecule has 5 nitrogen and oxygen atoms in total. The zero-order valence-corrected chi connectivity index (χ0v) is 19.0. The third kappa shape index (κ3) is 12.0. The molecule has 156 valence electrons. The van der Waals surface area contributed by atoms with Crippen molar-refractivity contribution in [2.75, 3.05) is 0 Å². The van der Waals surface area contributed by atoms with Crippen molar-refractivity contribution >= 4 is 9.17 Å². The van der Waals surface area contributed by atoms with Crippen LogP contribution in [0.3, 0.4) is 0 Å². The molecule has 0 heterocycles. The van der Waals surface area contributed by atoms with Gasteiger partial charge in [0.2, 0.25) is 0 Å². The van der Waals surface area contributed by atoms with Crippen LogP contribution in [0.2, 0.25) is 0 Å². The van der Waals surface area contributed by atoms with Gasteiger partial charge in [-0.3, -0.25) is 4.46 Å². The van der Waals surface area contributed by atoms with Crippen molar-refractivity contribution in [2.45, 2.75) is 130 Å². The lowest BCUT2D eigenvalue weighted by molar-refractivity contribution is -0.355. The molecule has 0 rings (SSSR count). The Morgan fingerprint density at radius 3 is 1.12 bits per heavy atom. The molecule has 0 aromatic heterocycles. The maximum Gasteiger partial charge on any atom is 0.834 e. The standard InChI is InChI=1S/C20H42O5Si/c1-7-11-15-19(5,16-12-8-2)22-24-26(21)25-23-20(6,17-13-9-3)18-14-10-4/h7-18H2,1-6H3. The fourth-order valence-electron chi connectivity index (χ4n) is 2.90. The average molecular weight is 391 g/mol. The van der Waals surface area contributed by atoms with Crippen molar-refractivity contribution in [3.63, 3.8) is 0 Å². The predicted molar refractivity (Wildman–Crippen MR) is 106 cm³/mol. The zero-order chi connectivity index (χ0) is 19.9. The van der Waals surface area contributed by atoms with Gasteiger partial charge in [0.15, 0.2) is 0 Å². The quantitative estimate of drug-likeness (QED) is 0.150. The number of unbranched alkanes of at least 4 members (excludes halogenated alkanes) is 4. The van der Waals surface area contributed by atoms with Gasteiger partial charge in [-0.1, -0.05) is 79.1 Å². The minimum absolute atomic E-state index is 0.427. The van der Waals surface area contributed by atoms with E-state index >= 15 is 0 Å². The van der Waals surface area contributed by atoms with Crippen LogP contribution in [0.1, 0.15) is 119 Å². The van der Waals surface area contributed by atoms with Gasteiger partial charge >= 0.3 is 9.17 Å². The predicted octanol–water partition coefficient (Wildman–Crippen LogP) is 6.58. The van der Waals surface area contributed by atoms with E-state index in [2.05, 4.69) is 27.7 Å². The van der Waals surface area contributed by atoms with E-state index in [1.807, 2.05) is 13.8 Å². The summed E-state index contributed by atoms with van der Waals surface area (Å²) in [5, 5.41) is 0. The lowest BCUT2D eigenvalue weighted by atomic mass is 9.93. The van der Waals surface area contributed by atoms with Gasteiger partial charge in [0.25, 0.3) is 0 Å². The zero-order valence-electron chi connectivity index (χ0n) is 18.0. The highest BCUT2D eigenvalue weighted by molar-refractivity contribution is 6.25. The smallest absolute Gasteiger partial charge is 0.326 e. The summed E-state index contributed by atoms with van der Waals surface area (Å²) < 4.78 is 22.3. The third-order valence-corrected chi connectivity index (χ3v) is 5.30. The molecule has 26 heavy (non-hydrogen) atoms. The number of hydrogen-bond donors (Lipinski definition) is 0. The molecule has 0 aromatic rings.